The summed E-state index contributed by atoms with van der Waals surface area (Å²) in [5.74, 6) is 0. The number of rotatable bonds is 3. The number of hydrogen-bond acceptors (Lipinski definition) is 3. The lowest BCUT2D eigenvalue weighted by molar-refractivity contribution is 0.166. The zero-order valence-electron chi connectivity index (χ0n) is 7.79. The van der Waals surface area contributed by atoms with Gasteiger partial charge in [0.15, 0.2) is 0 Å². The standard InChI is InChI=1S/C9H15NOS/c1-4-5-8(11)9-10-6(2)7(3)12-9/h8,11H,4-5H2,1-3H3. The first-order chi connectivity index (χ1) is 5.65. The van der Waals surface area contributed by atoms with Crippen LogP contribution in [0.3, 0.4) is 0 Å². The SMILES string of the molecule is CCCC(O)c1nc(C)c(C)s1. The second kappa shape index (κ2) is 4.01. The van der Waals surface area contributed by atoms with Crippen LogP contribution in [0.25, 0.3) is 0 Å². The van der Waals surface area contributed by atoms with Crippen molar-refractivity contribution in [3.8, 4) is 0 Å². The average molecular weight is 185 g/mol. The van der Waals surface area contributed by atoms with Crippen molar-refractivity contribution in [3.63, 3.8) is 0 Å². The molecule has 0 fully saturated rings. The molecule has 0 aliphatic heterocycles. The highest BCUT2D eigenvalue weighted by Crippen LogP contribution is 2.25. The third-order valence-electron chi connectivity index (χ3n) is 1.89. The van der Waals surface area contributed by atoms with E-state index in [1.165, 1.54) is 4.88 Å². The maximum Gasteiger partial charge on any atom is 0.122 e. The first-order valence-corrected chi connectivity index (χ1v) is 5.08. The molecular formula is C9H15NOS. The minimum Gasteiger partial charge on any atom is -0.386 e. The fourth-order valence-corrected chi connectivity index (χ4v) is 1.98. The molecule has 0 aromatic carbocycles. The molecule has 0 spiro atoms. The van der Waals surface area contributed by atoms with Gasteiger partial charge in [-0.3, -0.25) is 0 Å². The number of aliphatic hydroxyl groups is 1. The molecule has 1 aromatic heterocycles. The Kier molecular flexibility index (Phi) is 3.23. The largest absolute Gasteiger partial charge is 0.386 e. The summed E-state index contributed by atoms with van der Waals surface area (Å²) < 4.78 is 0. The van der Waals surface area contributed by atoms with E-state index in [1.807, 2.05) is 13.8 Å². The van der Waals surface area contributed by atoms with Crippen molar-refractivity contribution in [3.05, 3.63) is 15.6 Å². The summed E-state index contributed by atoms with van der Waals surface area (Å²) in [5, 5.41) is 10.5. The van der Waals surface area contributed by atoms with Crippen molar-refractivity contribution in [1.82, 2.24) is 4.98 Å². The Hall–Kier alpha value is -0.410. The van der Waals surface area contributed by atoms with E-state index in [1.54, 1.807) is 11.3 Å². The predicted molar refractivity (Wildman–Crippen MR) is 51.5 cm³/mol. The molecule has 0 saturated carbocycles. The highest BCUT2D eigenvalue weighted by atomic mass is 32.1. The summed E-state index contributed by atoms with van der Waals surface area (Å²) in [4.78, 5) is 5.51. The number of nitrogens with zero attached hydrogens (tertiary/aromatic N) is 1. The Bertz CT molecular complexity index is 238. The van der Waals surface area contributed by atoms with Crippen LogP contribution in [0.1, 0.15) is 41.4 Å². The summed E-state index contributed by atoms with van der Waals surface area (Å²) >= 11 is 1.60. The van der Waals surface area contributed by atoms with Gasteiger partial charge < -0.3 is 5.11 Å². The van der Waals surface area contributed by atoms with Gasteiger partial charge in [0.1, 0.15) is 11.1 Å². The number of aromatic nitrogens is 1. The van der Waals surface area contributed by atoms with E-state index in [9.17, 15) is 5.11 Å². The first kappa shape index (κ1) is 9.68. The van der Waals surface area contributed by atoms with Crippen molar-refractivity contribution in [1.29, 1.82) is 0 Å². The van der Waals surface area contributed by atoms with Gasteiger partial charge in [-0.1, -0.05) is 13.3 Å². The quantitative estimate of drug-likeness (QED) is 0.785. The Labute approximate surface area is 77.3 Å². The smallest absolute Gasteiger partial charge is 0.122 e. The number of aliphatic hydroxyl groups excluding tert-OH is 1. The van der Waals surface area contributed by atoms with E-state index in [4.69, 9.17) is 0 Å². The topological polar surface area (TPSA) is 33.1 Å². The molecule has 0 radical (unpaired) electrons. The maximum atomic E-state index is 9.61. The highest BCUT2D eigenvalue weighted by molar-refractivity contribution is 7.11. The van der Waals surface area contributed by atoms with Crippen molar-refractivity contribution >= 4 is 11.3 Å². The summed E-state index contributed by atoms with van der Waals surface area (Å²) in [7, 11) is 0. The highest BCUT2D eigenvalue weighted by Gasteiger charge is 2.11. The Morgan fingerprint density at radius 2 is 2.17 bits per heavy atom. The molecule has 0 bridgehead atoms. The van der Waals surface area contributed by atoms with Crippen LogP contribution in [-0.4, -0.2) is 10.1 Å². The van der Waals surface area contributed by atoms with Crippen LogP contribution in [0.2, 0.25) is 0 Å². The molecular weight excluding hydrogens is 170 g/mol. The zero-order chi connectivity index (χ0) is 9.14. The van der Waals surface area contributed by atoms with Crippen LogP contribution >= 0.6 is 11.3 Å². The molecule has 1 unspecified atom stereocenters. The fourth-order valence-electron chi connectivity index (χ4n) is 1.04. The Balaban J connectivity index is 2.74. The number of aryl methyl sites for hydroxylation is 2. The molecule has 0 aliphatic carbocycles. The molecule has 1 rings (SSSR count). The van der Waals surface area contributed by atoms with Gasteiger partial charge in [0.25, 0.3) is 0 Å². The van der Waals surface area contributed by atoms with Crippen molar-refractivity contribution in [2.75, 3.05) is 0 Å². The molecule has 0 amide bonds. The van der Waals surface area contributed by atoms with E-state index >= 15 is 0 Å². The summed E-state index contributed by atoms with van der Waals surface area (Å²) in [6.07, 6.45) is 1.46. The minimum atomic E-state index is -0.354. The second-order valence-corrected chi connectivity index (χ2v) is 4.23. The monoisotopic (exact) mass is 185 g/mol. The molecule has 1 N–H and O–H groups in total. The van der Waals surface area contributed by atoms with E-state index in [0.717, 1.165) is 23.5 Å². The molecule has 0 aliphatic rings. The van der Waals surface area contributed by atoms with E-state index in [2.05, 4.69) is 11.9 Å². The molecule has 0 saturated heterocycles. The van der Waals surface area contributed by atoms with Crippen molar-refractivity contribution in [2.45, 2.75) is 39.7 Å². The molecule has 68 valence electrons. The normalized spacial score (nSPS) is 13.3. The van der Waals surface area contributed by atoms with Gasteiger partial charge in [-0.15, -0.1) is 11.3 Å². The predicted octanol–water partition coefficient (Wildman–Crippen LogP) is 2.59. The second-order valence-electron chi connectivity index (χ2n) is 3.00. The zero-order valence-corrected chi connectivity index (χ0v) is 8.61. The van der Waals surface area contributed by atoms with E-state index in [0.29, 0.717) is 0 Å². The van der Waals surface area contributed by atoms with Gasteiger partial charge >= 0.3 is 0 Å². The van der Waals surface area contributed by atoms with E-state index in [-0.39, 0.29) is 6.10 Å². The molecule has 2 nitrogen and oxygen atoms in total. The summed E-state index contributed by atoms with van der Waals surface area (Å²) in [5.41, 5.74) is 1.05. The lowest BCUT2D eigenvalue weighted by Crippen LogP contribution is -1.95. The summed E-state index contributed by atoms with van der Waals surface area (Å²) in [6, 6.07) is 0. The van der Waals surface area contributed by atoms with Crippen molar-refractivity contribution < 1.29 is 5.11 Å². The van der Waals surface area contributed by atoms with Crippen molar-refractivity contribution in [2.24, 2.45) is 0 Å². The maximum absolute atomic E-state index is 9.61. The van der Waals surface area contributed by atoms with Gasteiger partial charge in [0, 0.05) is 4.88 Å². The van der Waals surface area contributed by atoms with E-state index < -0.39 is 0 Å². The van der Waals surface area contributed by atoms with Crippen LogP contribution in [0.4, 0.5) is 0 Å². The minimum absolute atomic E-state index is 0.354. The molecule has 3 heteroatoms. The van der Waals surface area contributed by atoms with Crippen LogP contribution in [0.15, 0.2) is 0 Å². The number of thiazole rings is 1. The summed E-state index contributed by atoms with van der Waals surface area (Å²) in [6.45, 7) is 6.08. The fraction of sp³-hybridized carbons (Fsp3) is 0.667. The third-order valence-corrected chi connectivity index (χ3v) is 3.07. The molecule has 1 atom stereocenters. The van der Waals surface area contributed by atoms with Gasteiger partial charge in [-0.05, 0) is 20.3 Å². The average Bonchev–Trinajstić information content (AvgIpc) is 2.33. The van der Waals surface area contributed by atoms with Gasteiger partial charge in [-0.2, -0.15) is 0 Å². The van der Waals surface area contributed by atoms with Gasteiger partial charge in [0.2, 0.25) is 0 Å². The van der Waals surface area contributed by atoms with Gasteiger partial charge in [-0.25, -0.2) is 4.98 Å². The third kappa shape index (κ3) is 2.05. The first-order valence-electron chi connectivity index (χ1n) is 4.27. The molecule has 12 heavy (non-hydrogen) atoms. The lowest BCUT2D eigenvalue weighted by atomic mass is 10.2. The van der Waals surface area contributed by atoms with Crippen LogP contribution in [0.5, 0.6) is 0 Å². The number of hydrogen-bond donors (Lipinski definition) is 1. The molecule has 1 aromatic rings. The van der Waals surface area contributed by atoms with Crippen LogP contribution < -0.4 is 0 Å². The lowest BCUT2D eigenvalue weighted by Gasteiger charge is -2.03. The van der Waals surface area contributed by atoms with Gasteiger partial charge in [0.05, 0.1) is 5.69 Å². The Morgan fingerprint density at radius 1 is 1.50 bits per heavy atom. The Morgan fingerprint density at radius 3 is 2.58 bits per heavy atom. The van der Waals surface area contributed by atoms with Crippen LogP contribution in [0, 0.1) is 13.8 Å². The molecule has 1 heterocycles. The van der Waals surface area contributed by atoms with Crippen LogP contribution in [-0.2, 0) is 0 Å².